The van der Waals surface area contributed by atoms with Crippen molar-refractivity contribution in [2.45, 2.75) is 6.42 Å². The number of ether oxygens (including phenoxy) is 1. The first-order chi connectivity index (χ1) is 14.3. The zero-order chi connectivity index (χ0) is 21.8. The molecular formula is C18H21N5O7. The van der Waals surface area contributed by atoms with Gasteiger partial charge in [0.25, 0.3) is 17.5 Å². The summed E-state index contributed by atoms with van der Waals surface area (Å²) >= 11 is 0. The van der Waals surface area contributed by atoms with Crippen LogP contribution in [0.5, 0.6) is 0 Å². The van der Waals surface area contributed by atoms with E-state index in [0.717, 1.165) is 11.0 Å². The molecule has 0 aromatic heterocycles. The minimum absolute atomic E-state index is 0.0155. The van der Waals surface area contributed by atoms with Crippen LogP contribution in [-0.4, -0.2) is 89.9 Å². The fourth-order valence-electron chi connectivity index (χ4n) is 3.36. The molecule has 2 aliphatic heterocycles. The normalized spacial score (nSPS) is 15.8. The van der Waals surface area contributed by atoms with E-state index < -0.39 is 22.8 Å². The van der Waals surface area contributed by atoms with Crippen LogP contribution in [0.3, 0.4) is 0 Å². The number of nitrogens with one attached hydrogen (secondary N) is 1. The predicted octanol–water partition coefficient (Wildman–Crippen LogP) is 0.675. The molecule has 2 heterocycles. The van der Waals surface area contributed by atoms with E-state index in [0.29, 0.717) is 32.6 Å². The van der Waals surface area contributed by atoms with Crippen molar-refractivity contribution in [1.82, 2.24) is 20.0 Å². The number of amides is 5. The van der Waals surface area contributed by atoms with Crippen molar-refractivity contribution in [3.8, 4) is 0 Å². The molecule has 1 aromatic rings. The first-order valence-electron chi connectivity index (χ1n) is 9.33. The number of fused-ring (bicyclic) bond motifs is 1. The molecule has 0 aliphatic carbocycles. The molecule has 1 N–H and O–H groups in total. The van der Waals surface area contributed by atoms with Gasteiger partial charge in [-0.05, 0) is 12.5 Å². The molecule has 12 nitrogen and oxygen atoms in total. The number of nitro benzene ring substituents is 1. The summed E-state index contributed by atoms with van der Waals surface area (Å²) in [5.74, 6) is -1.08. The number of nitro groups is 1. The highest BCUT2D eigenvalue weighted by molar-refractivity contribution is 6.21. The van der Waals surface area contributed by atoms with Gasteiger partial charge >= 0.3 is 12.1 Å². The highest BCUT2D eigenvalue weighted by Crippen LogP contribution is 2.26. The fourth-order valence-corrected chi connectivity index (χ4v) is 3.36. The summed E-state index contributed by atoms with van der Waals surface area (Å²) < 4.78 is 4.65. The van der Waals surface area contributed by atoms with Crippen LogP contribution in [0.25, 0.3) is 0 Å². The van der Waals surface area contributed by atoms with Gasteiger partial charge < -0.3 is 19.9 Å². The number of methoxy groups -OCH3 is 1. The van der Waals surface area contributed by atoms with E-state index in [1.807, 2.05) is 0 Å². The number of rotatable bonds is 5. The Labute approximate surface area is 171 Å². The molecule has 0 atom stereocenters. The molecule has 30 heavy (non-hydrogen) atoms. The average molecular weight is 419 g/mol. The number of benzene rings is 1. The lowest BCUT2D eigenvalue weighted by atomic mass is 10.1. The fraction of sp³-hybridized carbons (Fsp3) is 0.444. The van der Waals surface area contributed by atoms with Crippen LogP contribution in [0, 0.1) is 10.1 Å². The number of nitrogens with zero attached hydrogens (tertiary/aromatic N) is 4. The third kappa shape index (κ3) is 4.16. The first kappa shape index (κ1) is 21.0. The van der Waals surface area contributed by atoms with E-state index in [4.69, 9.17) is 0 Å². The summed E-state index contributed by atoms with van der Waals surface area (Å²) in [7, 11) is 1.30. The maximum Gasteiger partial charge on any atom is 0.409 e. The third-order valence-electron chi connectivity index (χ3n) is 5.00. The summed E-state index contributed by atoms with van der Waals surface area (Å²) in [6, 6.07) is 3.28. The van der Waals surface area contributed by atoms with Crippen LogP contribution in [0.4, 0.5) is 15.3 Å². The Morgan fingerprint density at radius 2 is 1.73 bits per heavy atom. The summed E-state index contributed by atoms with van der Waals surface area (Å²) in [6.07, 6.45) is -0.0946. The Kier molecular flexibility index (Phi) is 6.14. The molecule has 160 valence electrons. The van der Waals surface area contributed by atoms with Crippen LogP contribution in [-0.2, 0) is 4.74 Å². The van der Waals surface area contributed by atoms with E-state index in [1.54, 1.807) is 4.90 Å². The van der Waals surface area contributed by atoms with Gasteiger partial charge in [-0.3, -0.25) is 24.6 Å². The van der Waals surface area contributed by atoms with Gasteiger partial charge in [0, 0.05) is 51.4 Å². The van der Waals surface area contributed by atoms with Crippen LogP contribution in [0.15, 0.2) is 18.2 Å². The van der Waals surface area contributed by atoms with Crippen molar-refractivity contribution in [2.24, 2.45) is 0 Å². The third-order valence-corrected chi connectivity index (χ3v) is 5.00. The highest BCUT2D eigenvalue weighted by Gasteiger charge is 2.36. The Hall–Kier alpha value is -3.70. The smallest absolute Gasteiger partial charge is 0.409 e. The molecular weight excluding hydrogens is 398 g/mol. The number of non-ortho nitro benzene ring substituents is 1. The number of piperazine rings is 1. The van der Waals surface area contributed by atoms with E-state index in [9.17, 15) is 29.3 Å². The standard InChI is InChI=1S/C18H21N5O7/c1-30-18(27)21-9-7-20(8-10-21)17(26)19-5-2-6-22-15(24)13-4-3-12(23(28)29)11-14(13)16(22)25/h3-4,11H,2,5-10H2,1H3,(H,19,26). The molecule has 1 fully saturated rings. The van der Waals surface area contributed by atoms with Crippen molar-refractivity contribution >= 4 is 29.6 Å². The monoisotopic (exact) mass is 419 g/mol. The summed E-state index contributed by atoms with van der Waals surface area (Å²) in [4.78, 5) is 62.8. The van der Waals surface area contributed by atoms with Gasteiger partial charge in [0.2, 0.25) is 0 Å². The summed E-state index contributed by atoms with van der Waals surface area (Å²) in [6.45, 7) is 1.82. The SMILES string of the molecule is COC(=O)N1CCN(C(=O)NCCCN2C(=O)c3ccc([N+](=O)[O-])cc3C2=O)CC1. The zero-order valence-electron chi connectivity index (χ0n) is 16.3. The number of hydrogen-bond acceptors (Lipinski definition) is 7. The number of carbonyl (C=O) groups excluding carboxylic acids is 4. The molecule has 1 saturated heterocycles. The Morgan fingerprint density at radius 3 is 2.37 bits per heavy atom. The lowest BCUT2D eigenvalue weighted by Crippen LogP contribution is -2.53. The molecule has 2 aliphatic rings. The van der Waals surface area contributed by atoms with Crippen molar-refractivity contribution in [3.05, 3.63) is 39.4 Å². The van der Waals surface area contributed by atoms with Crippen molar-refractivity contribution in [1.29, 1.82) is 0 Å². The molecule has 0 saturated carbocycles. The number of carbonyl (C=O) groups is 4. The largest absolute Gasteiger partial charge is 0.453 e. The van der Waals surface area contributed by atoms with E-state index in [-0.39, 0.29) is 35.9 Å². The van der Waals surface area contributed by atoms with Crippen molar-refractivity contribution in [2.75, 3.05) is 46.4 Å². The van der Waals surface area contributed by atoms with Crippen LogP contribution in [0.1, 0.15) is 27.1 Å². The Balaban J connectivity index is 1.45. The quantitative estimate of drug-likeness (QED) is 0.320. The number of hydrogen-bond donors (Lipinski definition) is 1. The zero-order valence-corrected chi connectivity index (χ0v) is 16.3. The second kappa shape index (κ2) is 8.76. The van der Waals surface area contributed by atoms with Gasteiger partial charge in [0.15, 0.2) is 0 Å². The maximum atomic E-state index is 12.4. The van der Waals surface area contributed by atoms with Gasteiger partial charge in [-0.2, -0.15) is 0 Å². The average Bonchev–Trinajstić information content (AvgIpc) is 3.00. The molecule has 5 amide bonds. The predicted molar refractivity (Wildman–Crippen MR) is 102 cm³/mol. The first-order valence-corrected chi connectivity index (χ1v) is 9.33. The molecule has 12 heteroatoms. The Bertz CT molecular complexity index is 895. The van der Waals surface area contributed by atoms with Crippen molar-refractivity contribution < 1.29 is 28.8 Å². The van der Waals surface area contributed by atoms with E-state index in [1.165, 1.54) is 24.1 Å². The van der Waals surface area contributed by atoms with Gasteiger partial charge in [-0.15, -0.1) is 0 Å². The van der Waals surface area contributed by atoms with Gasteiger partial charge in [0.1, 0.15) is 0 Å². The van der Waals surface area contributed by atoms with Gasteiger partial charge in [0.05, 0.1) is 23.2 Å². The van der Waals surface area contributed by atoms with Crippen LogP contribution >= 0.6 is 0 Å². The van der Waals surface area contributed by atoms with Gasteiger partial charge in [-0.25, -0.2) is 9.59 Å². The highest BCUT2D eigenvalue weighted by atomic mass is 16.6. The number of urea groups is 1. The lowest BCUT2D eigenvalue weighted by molar-refractivity contribution is -0.384. The lowest BCUT2D eigenvalue weighted by Gasteiger charge is -2.33. The van der Waals surface area contributed by atoms with Crippen LogP contribution < -0.4 is 5.32 Å². The molecule has 0 bridgehead atoms. The number of imide groups is 1. The van der Waals surface area contributed by atoms with Crippen molar-refractivity contribution in [3.63, 3.8) is 0 Å². The molecule has 0 unspecified atom stereocenters. The molecule has 0 radical (unpaired) electrons. The summed E-state index contributed by atoms with van der Waals surface area (Å²) in [5, 5.41) is 13.6. The summed E-state index contributed by atoms with van der Waals surface area (Å²) in [5.41, 5.74) is -0.101. The molecule has 0 spiro atoms. The minimum Gasteiger partial charge on any atom is -0.453 e. The molecule has 1 aromatic carbocycles. The maximum absolute atomic E-state index is 12.4. The minimum atomic E-state index is -0.624. The second-order valence-corrected chi connectivity index (χ2v) is 6.78. The topological polar surface area (TPSA) is 142 Å². The van der Waals surface area contributed by atoms with E-state index >= 15 is 0 Å². The van der Waals surface area contributed by atoms with Crippen LogP contribution in [0.2, 0.25) is 0 Å². The molecule has 3 rings (SSSR count). The Morgan fingerprint density at radius 1 is 1.10 bits per heavy atom. The van der Waals surface area contributed by atoms with Gasteiger partial charge in [-0.1, -0.05) is 0 Å². The second-order valence-electron chi connectivity index (χ2n) is 6.78. The van der Waals surface area contributed by atoms with E-state index in [2.05, 4.69) is 10.1 Å².